The molecule has 0 aromatic rings. The Bertz CT molecular complexity index is 305. The van der Waals surface area contributed by atoms with E-state index in [1.807, 2.05) is 0 Å². The Hall–Kier alpha value is -0.900. The minimum absolute atomic E-state index is 0.0754. The van der Waals surface area contributed by atoms with Crippen molar-refractivity contribution in [3.8, 4) is 0 Å². The normalized spacial score (nSPS) is 10.9. The van der Waals surface area contributed by atoms with Crippen LogP contribution < -0.4 is 5.32 Å². The van der Waals surface area contributed by atoms with Gasteiger partial charge in [0.05, 0.1) is 13.0 Å². The fraction of sp³-hybridized carbons (Fsp3) is 0.900. The summed E-state index contributed by atoms with van der Waals surface area (Å²) in [4.78, 5) is 21.9. The van der Waals surface area contributed by atoms with Crippen molar-refractivity contribution in [3.05, 3.63) is 0 Å². The Morgan fingerprint density at radius 2 is 1.17 bits per heavy atom. The van der Waals surface area contributed by atoms with Gasteiger partial charge in [0.1, 0.15) is 5.78 Å². The third-order valence-corrected chi connectivity index (χ3v) is 4.40. The molecule has 0 bridgehead atoms. The van der Waals surface area contributed by atoms with Crippen LogP contribution in [-0.2, 0) is 9.59 Å². The number of ketones is 1. The van der Waals surface area contributed by atoms with Crippen molar-refractivity contribution in [1.82, 2.24) is 5.32 Å². The molecule has 0 aromatic heterocycles. The zero-order valence-electron chi connectivity index (χ0n) is 15.8. The average Bonchev–Trinajstić information content (AvgIpc) is 2.55. The molecular weight excluding hydrogens is 302 g/mol. The van der Waals surface area contributed by atoms with E-state index in [0.29, 0.717) is 19.5 Å². The number of hydrogen-bond donors (Lipinski definition) is 2. The molecule has 0 saturated carbocycles. The van der Waals surface area contributed by atoms with Crippen molar-refractivity contribution in [3.63, 3.8) is 0 Å². The largest absolute Gasteiger partial charge is 0.481 e. The molecule has 0 rings (SSSR count). The quantitative estimate of drug-likeness (QED) is 0.321. The summed E-state index contributed by atoms with van der Waals surface area (Å²) in [5.41, 5.74) is 0. The van der Waals surface area contributed by atoms with Gasteiger partial charge in [0.2, 0.25) is 0 Å². The predicted molar refractivity (Wildman–Crippen MR) is 100 cm³/mol. The first-order valence-corrected chi connectivity index (χ1v) is 10.1. The molecule has 2 N–H and O–H groups in total. The van der Waals surface area contributed by atoms with Crippen molar-refractivity contribution in [2.75, 3.05) is 13.1 Å². The third kappa shape index (κ3) is 19.1. The van der Waals surface area contributed by atoms with Gasteiger partial charge in [-0.05, 0) is 6.42 Å². The van der Waals surface area contributed by atoms with Crippen LogP contribution in [0.4, 0.5) is 0 Å². The summed E-state index contributed by atoms with van der Waals surface area (Å²) in [5, 5.41) is 11.4. The van der Waals surface area contributed by atoms with Crippen LogP contribution in [0.1, 0.15) is 103 Å². The first kappa shape index (κ1) is 23.1. The first-order chi connectivity index (χ1) is 11.7. The maximum absolute atomic E-state index is 11.6. The predicted octanol–water partition coefficient (Wildman–Crippen LogP) is 5.10. The molecule has 0 fully saturated rings. The maximum atomic E-state index is 11.6. The van der Waals surface area contributed by atoms with Crippen molar-refractivity contribution in [1.29, 1.82) is 0 Å². The second-order valence-corrected chi connectivity index (χ2v) is 6.85. The zero-order chi connectivity index (χ0) is 17.9. The SMILES string of the molecule is CCCCCCCCCCCCCCCC(=O)CNCCC(=O)O. The number of rotatable bonds is 19. The van der Waals surface area contributed by atoms with Gasteiger partial charge in [-0.3, -0.25) is 9.59 Å². The molecule has 0 radical (unpaired) electrons. The van der Waals surface area contributed by atoms with Crippen molar-refractivity contribution in [2.45, 2.75) is 103 Å². The van der Waals surface area contributed by atoms with Gasteiger partial charge in [-0.15, -0.1) is 0 Å². The number of carboxylic acid groups (broad SMARTS) is 1. The van der Waals surface area contributed by atoms with Gasteiger partial charge in [-0.1, -0.05) is 84.0 Å². The summed E-state index contributed by atoms with van der Waals surface area (Å²) >= 11 is 0. The lowest BCUT2D eigenvalue weighted by molar-refractivity contribution is -0.137. The first-order valence-electron chi connectivity index (χ1n) is 10.1. The molecule has 0 heterocycles. The topological polar surface area (TPSA) is 66.4 Å². The molecule has 0 aliphatic rings. The number of carbonyl (C=O) groups is 2. The molecule has 0 saturated heterocycles. The second-order valence-electron chi connectivity index (χ2n) is 6.85. The summed E-state index contributed by atoms with van der Waals surface area (Å²) < 4.78 is 0. The van der Waals surface area contributed by atoms with Gasteiger partial charge >= 0.3 is 5.97 Å². The third-order valence-electron chi connectivity index (χ3n) is 4.40. The van der Waals surface area contributed by atoms with Crippen LogP contribution in [-0.4, -0.2) is 29.9 Å². The van der Waals surface area contributed by atoms with Gasteiger partial charge < -0.3 is 10.4 Å². The van der Waals surface area contributed by atoms with E-state index in [-0.39, 0.29) is 12.2 Å². The van der Waals surface area contributed by atoms with E-state index in [9.17, 15) is 9.59 Å². The molecule has 142 valence electrons. The summed E-state index contributed by atoms with van der Waals surface area (Å²) in [6, 6.07) is 0. The number of unbranched alkanes of at least 4 members (excludes halogenated alkanes) is 12. The van der Waals surface area contributed by atoms with Crippen LogP contribution in [0.15, 0.2) is 0 Å². The molecule has 4 nitrogen and oxygen atoms in total. The average molecular weight is 342 g/mol. The van der Waals surface area contributed by atoms with Gasteiger partial charge in [0, 0.05) is 13.0 Å². The van der Waals surface area contributed by atoms with Crippen LogP contribution in [0.2, 0.25) is 0 Å². The Morgan fingerprint density at radius 3 is 1.62 bits per heavy atom. The van der Waals surface area contributed by atoms with E-state index in [2.05, 4.69) is 12.2 Å². The summed E-state index contributed by atoms with van der Waals surface area (Å²) in [7, 11) is 0. The highest BCUT2D eigenvalue weighted by atomic mass is 16.4. The number of carbonyl (C=O) groups excluding carboxylic acids is 1. The van der Waals surface area contributed by atoms with E-state index in [1.165, 1.54) is 70.6 Å². The Morgan fingerprint density at radius 1 is 0.708 bits per heavy atom. The monoisotopic (exact) mass is 341 g/mol. The lowest BCUT2D eigenvalue weighted by Crippen LogP contribution is -2.25. The number of hydrogen-bond acceptors (Lipinski definition) is 3. The standard InChI is InChI=1S/C20H39NO3/c1-2-3-4-5-6-7-8-9-10-11-12-13-14-15-19(22)18-21-17-16-20(23)24/h21H,2-18H2,1H3,(H,23,24). The highest BCUT2D eigenvalue weighted by Crippen LogP contribution is 2.12. The smallest absolute Gasteiger partial charge is 0.304 e. The Balaban J connectivity index is 3.14. The van der Waals surface area contributed by atoms with E-state index >= 15 is 0 Å². The van der Waals surface area contributed by atoms with E-state index < -0.39 is 5.97 Å². The molecule has 4 heteroatoms. The van der Waals surface area contributed by atoms with Crippen molar-refractivity contribution < 1.29 is 14.7 Å². The minimum Gasteiger partial charge on any atom is -0.481 e. The highest BCUT2D eigenvalue weighted by molar-refractivity contribution is 5.80. The van der Waals surface area contributed by atoms with Crippen LogP contribution in [0, 0.1) is 0 Å². The fourth-order valence-electron chi connectivity index (χ4n) is 2.85. The maximum Gasteiger partial charge on any atom is 0.304 e. The zero-order valence-corrected chi connectivity index (χ0v) is 15.8. The number of aliphatic carboxylic acids is 1. The van der Waals surface area contributed by atoms with Crippen LogP contribution in [0.25, 0.3) is 0 Å². The molecule has 0 aliphatic heterocycles. The van der Waals surface area contributed by atoms with E-state index in [1.54, 1.807) is 0 Å². The summed E-state index contributed by atoms with van der Waals surface area (Å²) in [6.45, 7) is 2.94. The number of Topliss-reactive ketones (excluding diaryl/α,β-unsaturated/α-hetero) is 1. The second kappa shape index (κ2) is 18.4. The Kier molecular flexibility index (Phi) is 17.7. The molecule has 0 spiro atoms. The van der Waals surface area contributed by atoms with Gasteiger partial charge in [-0.25, -0.2) is 0 Å². The highest BCUT2D eigenvalue weighted by Gasteiger charge is 2.02. The van der Waals surface area contributed by atoms with E-state index in [4.69, 9.17) is 5.11 Å². The van der Waals surface area contributed by atoms with Gasteiger partial charge in [0.25, 0.3) is 0 Å². The van der Waals surface area contributed by atoms with E-state index in [0.717, 1.165) is 12.8 Å². The van der Waals surface area contributed by atoms with Crippen LogP contribution in [0.3, 0.4) is 0 Å². The summed E-state index contributed by atoms with van der Waals surface area (Å²) in [6.07, 6.45) is 17.7. The fourth-order valence-corrected chi connectivity index (χ4v) is 2.85. The van der Waals surface area contributed by atoms with Crippen molar-refractivity contribution >= 4 is 11.8 Å². The lowest BCUT2D eigenvalue weighted by Gasteiger charge is -2.04. The number of nitrogens with one attached hydrogen (secondary N) is 1. The van der Waals surface area contributed by atoms with Crippen molar-refractivity contribution in [2.24, 2.45) is 0 Å². The van der Waals surface area contributed by atoms with Crippen LogP contribution >= 0.6 is 0 Å². The van der Waals surface area contributed by atoms with Gasteiger partial charge in [0.15, 0.2) is 0 Å². The molecule has 0 aromatic carbocycles. The lowest BCUT2D eigenvalue weighted by atomic mass is 10.0. The molecule has 0 aliphatic carbocycles. The molecule has 0 unspecified atom stereocenters. The van der Waals surface area contributed by atoms with Gasteiger partial charge in [-0.2, -0.15) is 0 Å². The summed E-state index contributed by atoms with van der Waals surface area (Å²) in [5.74, 6) is -0.630. The molecule has 0 atom stereocenters. The molecular formula is C20H39NO3. The van der Waals surface area contributed by atoms with Crippen LogP contribution in [0.5, 0.6) is 0 Å². The molecule has 24 heavy (non-hydrogen) atoms. The number of carboxylic acids is 1. The Labute approximate surface area is 148 Å². The molecule has 0 amide bonds. The minimum atomic E-state index is -0.827.